The van der Waals surface area contributed by atoms with Crippen molar-refractivity contribution in [3.8, 4) is 0 Å². The number of phosphoric ester groups is 3. The number of imidazole rings is 1. The van der Waals surface area contributed by atoms with Gasteiger partial charge in [0.2, 0.25) is 11.8 Å². The fraction of sp³-hybridized carbons (Fsp3) is 0.758. The number of anilines is 1. The minimum Gasteiger partial charge on any atom is -0.756 e. The van der Waals surface area contributed by atoms with Crippen molar-refractivity contribution in [2.75, 3.05) is 37.8 Å². The molecule has 3 unspecified atom stereocenters. The van der Waals surface area contributed by atoms with Gasteiger partial charge in [0.1, 0.15) is 42.4 Å². The molecule has 0 radical (unpaired) electrons. The second-order valence-corrected chi connectivity index (χ2v) is 20.9. The van der Waals surface area contributed by atoms with Crippen LogP contribution >= 0.6 is 35.2 Å². The number of fused-ring (bicyclic) bond motifs is 1. The van der Waals surface area contributed by atoms with Crippen LogP contribution in [0.3, 0.4) is 0 Å². The largest absolute Gasteiger partial charge is 0.756 e. The molecule has 4 heterocycles. The lowest BCUT2D eigenvalue weighted by Gasteiger charge is -2.36. The molecule has 28 nitrogen and oxygen atoms in total. The number of ether oxygens (including phenoxy) is 3. The molecule has 0 aromatic carbocycles. The van der Waals surface area contributed by atoms with E-state index >= 15 is 0 Å². The van der Waals surface area contributed by atoms with E-state index in [2.05, 4.69) is 43.5 Å². The van der Waals surface area contributed by atoms with E-state index in [1.165, 1.54) is 13.8 Å². The number of hydrogen-bond donors (Lipinski definition) is 8. The predicted octanol–water partition coefficient (Wildman–Crippen LogP) is -2.80. The van der Waals surface area contributed by atoms with Gasteiger partial charge in [0.05, 0.1) is 37.9 Å². The number of amides is 2. The van der Waals surface area contributed by atoms with Crippen LogP contribution in [0, 0.1) is 5.41 Å². The molecule has 65 heavy (non-hydrogen) atoms. The summed E-state index contributed by atoms with van der Waals surface area (Å²) in [6.07, 6.45) is -9.55. The number of thioether (sulfide) groups is 1. The summed E-state index contributed by atoms with van der Waals surface area (Å²) in [7, 11) is -17.4. The van der Waals surface area contributed by atoms with Crippen molar-refractivity contribution in [2.45, 2.75) is 121 Å². The van der Waals surface area contributed by atoms with Crippen molar-refractivity contribution in [3.05, 3.63) is 12.7 Å². The molecule has 0 bridgehead atoms. The Balaban J connectivity index is 1.14. The molecule has 2 amide bonds. The van der Waals surface area contributed by atoms with Crippen LogP contribution in [0.15, 0.2) is 12.7 Å². The van der Waals surface area contributed by atoms with Crippen molar-refractivity contribution < 1.29 is 100 Å². The summed E-state index contributed by atoms with van der Waals surface area (Å²) in [4.78, 5) is 94.8. The molecule has 0 spiro atoms. The minimum absolute atomic E-state index is 0.0148. The summed E-state index contributed by atoms with van der Waals surface area (Å²) in [6.45, 7) is 3.45. The second kappa shape index (κ2) is 23.6. The Morgan fingerprint density at radius 2 is 1.72 bits per heavy atom. The molecule has 9 N–H and O–H groups in total. The molecule has 0 aliphatic carbocycles. The maximum absolute atomic E-state index is 12.6. The monoisotopic (exact) mass is 1010 g/mol. The molecule has 4 rings (SSSR count). The van der Waals surface area contributed by atoms with Gasteiger partial charge >= 0.3 is 0 Å². The van der Waals surface area contributed by atoms with Crippen LogP contribution in [0.4, 0.5) is 5.82 Å². The summed E-state index contributed by atoms with van der Waals surface area (Å²) in [5, 5.41) is 46.1. The average Bonchev–Trinajstić information content (AvgIpc) is 3.76. The number of hydrogen-bond acceptors (Lipinski definition) is 25. The van der Waals surface area contributed by atoms with Crippen LogP contribution in [0.5, 0.6) is 0 Å². The van der Waals surface area contributed by atoms with Gasteiger partial charge in [-0.2, -0.15) is 0 Å². The Morgan fingerprint density at radius 3 is 2.42 bits per heavy atom. The highest BCUT2D eigenvalue weighted by molar-refractivity contribution is 8.13. The first-order valence-corrected chi connectivity index (χ1v) is 25.2. The maximum Gasteiger partial charge on any atom is 0.274 e. The van der Waals surface area contributed by atoms with Gasteiger partial charge in [-0.15, -0.1) is 0 Å². The van der Waals surface area contributed by atoms with Gasteiger partial charge in [0.15, 0.2) is 29.1 Å². The third kappa shape index (κ3) is 16.8. The lowest BCUT2D eigenvalue weighted by molar-refractivity contribution is -0.273. The SMILES string of the molecule is C[C@H](CCCC(=O)SCCNC(=O)CCNC(=O)[C@H](O)C(C)(C)COP(=O)([O-])OP(=O)([O-])OC[C@H]1O[C@@H](n2cnc3c(N)ncnc32)[C@H](O)[C@@H]1OP(=O)([O-])O)O[C@@H]1O[C@@H](C)[C@H](O)C[C@H]1O. The van der Waals surface area contributed by atoms with E-state index < -0.39 is 109 Å². The highest BCUT2D eigenvalue weighted by atomic mass is 32.2. The van der Waals surface area contributed by atoms with Gasteiger partial charge in [0, 0.05) is 43.5 Å². The van der Waals surface area contributed by atoms with Crippen molar-refractivity contribution in [2.24, 2.45) is 5.41 Å². The normalized spacial score (nSPS) is 27.6. The standard InChI is InChI=1S/C33H56N7O21P3S/c1-17(57-32-20(42)12-19(41)18(2)58-32)6-5-7-23(44)65-11-10-35-22(43)8-9-36-30(47)27(46)33(3,4)14-56-64(53,54)61-63(51,52)55-13-21-26(60-62(48,49)50)25(45)31(59-21)40-16-39-24-28(34)37-15-38-29(24)40/h15-21,25-27,31-32,41-42,45-46H,5-14H2,1-4H3,(H,35,43)(H,36,47)(H,51,52)(H,53,54)(H2,34,37,38)(H2,48,49,50)/p-3/t17-,18+,19-,20-,21-,25-,26-,27+,31-,32-/m1/s1. The van der Waals surface area contributed by atoms with Crippen LogP contribution in [0.2, 0.25) is 0 Å². The van der Waals surface area contributed by atoms with Crippen LogP contribution in [0.25, 0.3) is 11.2 Å². The molecule has 2 fully saturated rings. The summed E-state index contributed by atoms with van der Waals surface area (Å²) in [6, 6.07) is 0. The van der Waals surface area contributed by atoms with E-state index in [1.54, 1.807) is 13.8 Å². The molecular weight excluding hydrogens is 955 g/mol. The summed E-state index contributed by atoms with van der Waals surface area (Å²) >= 11 is 1.02. The highest BCUT2D eigenvalue weighted by Crippen LogP contribution is 2.56. The number of carbonyl (C=O) groups excluding carboxylic acids is 3. The maximum atomic E-state index is 12.6. The minimum atomic E-state index is -5.92. The number of rotatable bonds is 25. The lowest BCUT2D eigenvalue weighted by Crippen LogP contribution is -2.48. The molecule has 2 aromatic rings. The van der Waals surface area contributed by atoms with Crippen LogP contribution in [-0.4, -0.2) is 149 Å². The van der Waals surface area contributed by atoms with Gasteiger partial charge in [-0.3, -0.25) is 32.6 Å². The Labute approximate surface area is 375 Å². The Kier molecular flexibility index (Phi) is 20.0. The number of carbonyl (C=O) groups is 3. The zero-order valence-electron chi connectivity index (χ0n) is 35.4. The molecule has 2 aromatic heterocycles. The molecule has 0 saturated carbocycles. The Bertz CT molecular complexity index is 2080. The summed E-state index contributed by atoms with van der Waals surface area (Å²) in [5.41, 5.74) is 4.07. The highest BCUT2D eigenvalue weighted by Gasteiger charge is 2.48. The number of aliphatic hydroxyl groups excluding tert-OH is 4. The van der Waals surface area contributed by atoms with Crippen molar-refractivity contribution in [1.82, 2.24) is 30.2 Å². The first-order chi connectivity index (χ1) is 30.2. The molecular formula is C33H53N7O21P3S-3. The number of phosphoric acid groups is 3. The summed E-state index contributed by atoms with van der Waals surface area (Å²) in [5.74, 6) is -1.34. The first kappa shape index (κ1) is 55.0. The third-order valence-electron chi connectivity index (χ3n) is 9.79. The lowest BCUT2D eigenvalue weighted by atomic mass is 9.87. The quantitative estimate of drug-likeness (QED) is 0.0368. The van der Waals surface area contributed by atoms with E-state index in [4.69, 9.17) is 19.9 Å². The summed E-state index contributed by atoms with van der Waals surface area (Å²) < 4.78 is 72.2. The van der Waals surface area contributed by atoms with Crippen LogP contribution in [-0.2, 0) is 60.2 Å². The zero-order chi connectivity index (χ0) is 48.5. The molecule has 2 aliphatic heterocycles. The molecule has 13 atom stereocenters. The second-order valence-electron chi connectivity index (χ2n) is 15.6. The topological polar surface area (TPSA) is 431 Å². The molecule has 2 saturated heterocycles. The van der Waals surface area contributed by atoms with Gasteiger partial charge in [0.25, 0.3) is 23.5 Å². The van der Waals surface area contributed by atoms with E-state index in [0.29, 0.717) is 12.8 Å². The van der Waals surface area contributed by atoms with Crippen LogP contribution < -0.4 is 31.0 Å². The van der Waals surface area contributed by atoms with Gasteiger partial charge in [-0.05, 0) is 26.7 Å². The first-order valence-electron chi connectivity index (χ1n) is 19.8. The van der Waals surface area contributed by atoms with Gasteiger partial charge in [-0.1, -0.05) is 25.6 Å². The Hall–Kier alpha value is -2.60. The van der Waals surface area contributed by atoms with Crippen molar-refractivity contribution in [3.63, 3.8) is 0 Å². The van der Waals surface area contributed by atoms with Crippen molar-refractivity contribution in [1.29, 1.82) is 0 Å². The third-order valence-corrected chi connectivity index (χ3v) is 13.7. The van der Waals surface area contributed by atoms with E-state index in [0.717, 1.165) is 29.0 Å². The number of nitrogens with two attached hydrogens (primary N) is 1. The van der Waals surface area contributed by atoms with E-state index in [-0.39, 0.29) is 66.3 Å². The number of nitrogen functional groups attached to an aromatic ring is 1. The van der Waals surface area contributed by atoms with E-state index in [1.807, 2.05) is 0 Å². The fourth-order valence-corrected chi connectivity index (χ4v) is 9.71. The molecule has 370 valence electrons. The van der Waals surface area contributed by atoms with Gasteiger partial charge < -0.3 is 84.1 Å². The number of nitrogens with zero attached hydrogens (tertiary/aromatic N) is 4. The Morgan fingerprint density at radius 1 is 1.03 bits per heavy atom. The predicted molar refractivity (Wildman–Crippen MR) is 216 cm³/mol. The smallest absolute Gasteiger partial charge is 0.274 e. The van der Waals surface area contributed by atoms with E-state index in [9.17, 15) is 68.1 Å². The molecule has 32 heteroatoms. The molecule has 2 aliphatic rings. The number of aliphatic hydroxyl groups is 4. The number of aromatic nitrogens is 4. The number of nitrogens with one attached hydrogen (secondary N) is 2. The zero-order valence-corrected chi connectivity index (χ0v) is 38.9. The fourth-order valence-electron chi connectivity index (χ4n) is 6.25. The van der Waals surface area contributed by atoms with Gasteiger partial charge in [-0.25, -0.2) is 19.3 Å². The van der Waals surface area contributed by atoms with Crippen LogP contribution in [0.1, 0.15) is 66.0 Å². The average molecular weight is 1010 g/mol. The van der Waals surface area contributed by atoms with Crippen molar-refractivity contribution >= 4 is 69.1 Å².